The van der Waals surface area contributed by atoms with Crippen molar-refractivity contribution in [1.29, 1.82) is 0 Å². The van der Waals surface area contributed by atoms with Gasteiger partial charge < -0.3 is 10.0 Å². The average Bonchev–Trinajstić information content (AvgIpc) is 3.75. The monoisotopic (exact) mass is 652 g/mol. The summed E-state index contributed by atoms with van der Waals surface area (Å²) in [4.78, 5) is 11.3. The lowest BCUT2D eigenvalue weighted by molar-refractivity contribution is 0.0564. The molecular weight excluding hydrogens is 625 g/mol. The van der Waals surface area contributed by atoms with E-state index in [0.29, 0.717) is 45.2 Å². The Morgan fingerprint density at radius 1 is 1.16 bits per heavy atom. The van der Waals surface area contributed by atoms with Crippen LogP contribution in [0.25, 0.3) is 5.57 Å². The predicted octanol–water partition coefficient (Wildman–Crippen LogP) is 4.98. The fourth-order valence-corrected chi connectivity index (χ4v) is 9.78. The molecule has 3 aromatic rings. The second kappa shape index (κ2) is 11.0. The summed E-state index contributed by atoms with van der Waals surface area (Å²) in [5, 5.41) is 16.4. The van der Waals surface area contributed by atoms with Gasteiger partial charge in [-0.15, -0.1) is 11.3 Å². The Kier molecular flexibility index (Phi) is 7.40. The second-order valence-electron chi connectivity index (χ2n) is 11.5. The van der Waals surface area contributed by atoms with Gasteiger partial charge in [0, 0.05) is 58.6 Å². The van der Waals surface area contributed by atoms with E-state index in [-0.39, 0.29) is 35.5 Å². The molecule has 0 radical (unpaired) electrons. The molecule has 9 nitrogen and oxygen atoms in total. The number of aliphatic hydroxyl groups is 1. The summed E-state index contributed by atoms with van der Waals surface area (Å²) in [7, 11) is -3.74. The Balaban J connectivity index is 1.30. The average molecular weight is 653 g/mol. The number of thiazole rings is 1. The number of alkyl halides is 2. The molecule has 7 rings (SSSR count). The third-order valence-electron chi connectivity index (χ3n) is 9.00. The van der Waals surface area contributed by atoms with E-state index in [1.54, 1.807) is 11.6 Å². The summed E-state index contributed by atoms with van der Waals surface area (Å²) in [6.07, 6.45) is 5.09. The van der Waals surface area contributed by atoms with Gasteiger partial charge in [0.15, 0.2) is 10.8 Å². The minimum absolute atomic E-state index is 0.0145. The molecule has 0 spiro atoms. The zero-order chi connectivity index (χ0) is 30.0. The van der Waals surface area contributed by atoms with Gasteiger partial charge in [-0.25, -0.2) is 27.2 Å². The third-order valence-corrected chi connectivity index (χ3v) is 12.0. The van der Waals surface area contributed by atoms with Gasteiger partial charge in [-0.05, 0) is 55.7 Å². The molecule has 228 valence electrons. The number of hydrogen-bond donors (Lipinski definition) is 2. The second-order valence-corrected chi connectivity index (χ2v) is 14.8. The van der Waals surface area contributed by atoms with Crippen LogP contribution >= 0.6 is 22.9 Å². The zero-order valence-electron chi connectivity index (χ0n) is 22.7. The minimum Gasteiger partial charge on any atom is -0.393 e. The Morgan fingerprint density at radius 2 is 1.93 bits per heavy atom. The Hall–Kier alpha value is -2.78. The van der Waals surface area contributed by atoms with E-state index in [4.69, 9.17) is 16.6 Å². The standard InChI is InChI=1S/C28H28ClF3N6O3S2/c29-20-11-16(30)3-4-19(20)24-23(21-5-7-38(35-21)28(31)32)22-12-17(13-37(22)26(34-24)27-33-6-8-42-27)36-43(40,41)18-9-14-1-2-15(10-18)25(14)39/h3-8,11,14-15,17-18,24-25,28,36,39H,1-2,9-10,12-13H2/t14?,15?,17-,18?,24-,25?/m0/s1. The minimum atomic E-state index is -3.74. The van der Waals surface area contributed by atoms with Crippen molar-refractivity contribution in [2.24, 2.45) is 16.8 Å². The van der Waals surface area contributed by atoms with E-state index < -0.39 is 45.8 Å². The van der Waals surface area contributed by atoms with E-state index in [1.807, 2.05) is 4.90 Å². The molecule has 1 aromatic carbocycles. The van der Waals surface area contributed by atoms with Gasteiger partial charge in [0.25, 0.3) is 0 Å². The molecule has 0 amide bonds. The van der Waals surface area contributed by atoms with Crippen molar-refractivity contribution >= 4 is 44.4 Å². The van der Waals surface area contributed by atoms with Crippen molar-refractivity contribution < 1.29 is 26.7 Å². The number of benzene rings is 1. The summed E-state index contributed by atoms with van der Waals surface area (Å²) < 4.78 is 72.0. The topological polar surface area (TPSA) is 113 Å². The number of sulfonamides is 1. The first-order chi connectivity index (χ1) is 20.6. The Bertz CT molecular complexity index is 1700. The smallest absolute Gasteiger partial charge is 0.333 e. The summed E-state index contributed by atoms with van der Waals surface area (Å²) >= 11 is 7.87. The molecule has 2 N–H and O–H groups in total. The molecule has 4 atom stereocenters. The molecule has 1 saturated heterocycles. The van der Waals surface area contributed by atoms with Gasteiger partial charge in [-0.2, -0.15) is 13.9 Å². The molecule has 4 heterocycles. The molecule has 4 aliphatic rings. The lowest BCUT2D eigenvalue weighted by Gasteiger charge is -2.32. The molecule has 2 saturated carbocycles. The molecule has 2 unspecified atom stereocenters. The summed E-state index contributed by atoms with van der Waals surface area (Å²) in [5.41, 5.74) is 1.81. The number of aliphatic imine (C=N–C) groups is 1. The lowest BCUT2D eigenvalue weighted by atomic mass is 9.86. The fraction of sp³-hybridized carbons (Fsp3) is 0.464. The van der Waals surface area contributed by atoms with Crippen LogP contribution in [0.15, 0.2) is 52.7 Å². The highest BCUT2D eigenvalue weighted by atomic mass is 35.5. The highest BCUT2D eigenvalue weighted by Gasteiger charge is 2.47. The predicted molar refractivity (Wildman–Crippen MR) is 156 cm³/mol. The number of fused-ring (bicyclic) bond motifs is 3. The number of halogens is 4. The lowest BCUT2D eigenvalue weighted by Crippen LogP contribution is -2.46. The van der Waals surface area contributed by atoms with Crippen molar-refractivity contribution in [1.82, 2.24) is 24.4 Å². The number of aliphatic hydroxyl groups excluding tert-OH is 1. The van der Waals surface area contributed by atoms with E-state index in [0.717, 1.165) is 12.8 Å². The van der Waals surface area contributed by atoms with Crippen LogP contribution < -0.4 is 4.72 Å². The molecule has 2 aromatic heterocycles. The number of aromatic nitrogens is 3. The van der Waals surface area contributed by atoms with E-state index >= 15 is 0 Å². The number of hydrogen-bond acceptors (Lipinski definition) is 8. The molecule has 3 fully saturated rings. The normalized spacial score (nSPS) is 29.0. The van der Waals surface area contributed by atoms with Gasteiger partial charge >= 0.3 is 6.55 Å². The highest BCUT2D eigenvalue weighted by Crippen LogP contribution is 2.47. The van der Waals surface area contributed by atoms with Crippen molar-refractivity contribution in [2.75, 3.05) is 6.54 Å². The first-order valence-electron chi connectivity index (χ1n) is 14.0. The van der Waals surface area contributed by atoms with Crippen LogP contribution in [0.3, 0.4) is 0 Å². The van der Waals surface area contributed by atoms with Crippen LogP contribution in [0.2, 0.25) is 5.02 Å². The summed E-state index contributed by atoms with van der Waals surface area (Å²) in [6.45, 7) is -2.63. The van der Waals surface area contributed by atoms with E-state index in [2.05, 4.69) is 14.8 Å². The van der Waals surface area contributed by atoms with Gasteiger partial charge in [-0.3, -0.25) is 4.99 Å². The Morgan fingerprint density at radius 3 is 2.58 bits per heavy atom. The number of amidine groups is 1. The molecule has 2 aliphatic heterocycles. The quantitative estimate of drug-likeness (QED) is 0.372. The van der Waals surface area contributed by atoms with Crippen molar-refractivity contribution in [2.45, 2.75) is 62.1 Å². The maximum Gasteiger partial charge on any atom is 0.333 e. The summed E-state index contributed by atoms with van der Waals surface area (Å²) in [5.74, 6) is -0.0860. The van der Waals surface area contributed by atoms with Crippen molar-refractivity contribution in [3.8, 4) is 0 Å². The maximum absolute atomic E-state index is 14.1. The molecular formula is C28H28ClF3N6O3S2. The first-order valence-corrected chi connectivity index (χ1v) is 16.9. The van der Waals surface area contributed by atoms with Crippen LogP contribution in [-0.2, 0) is 10.0 Å². The van der Waals surface area contributed by atoms with Gasteiger partial charge in [0.2, 0.25) is 10.0 Å². The van der Waals surface area contributed by atoms with Crippen LogP contribution in [0.5, 0.6) is 0 Å². The number of nitrogens with one attached hydrogen (secondary N) is 1. The SMILES string of the molecule is O=S(=O)(N[C@H]1CC2=C(c3ccn(C(F)F)n3)[C@H](c3ccc(F)cc3Cl)N=C(c3nccs3)N2C1)C1CC2CCC(C1)C2O. The van der Waals surface area contributed by atoms with Gasteiger partial charge in [0.1, 0.15) is 11.9 Å². The van der Waals surface area contributed by atoms with E-state index in [9.17, 15) is 26.7 Å². The van der Waals surface area contributed by atoms with Crippen LogP contribution in [-0.4, -0.2) is 63.0 Å². The van der Waals surface area contributed by atoms with E-state index in [1.165, 1.54) is 41.8 Å². The molecule has 43 heavy (non-hydrogen) atoms. The summed E-state index contributed by atoms with van der Waals surface area (Å²) in [6, 6.07) is 4.00. The van der Waals surface area contributed by atoms with Crippen LogP contribution in [0.4, 0.5) is 13.2 Å². The third kappa shape index (κ3) is 5.20. The molecule has 15 heteroatoms. The maximum atomic E-state index is 14.1. The van der Waals surface area contributed by atoms with Crippen LogP contribution in [0.1, 0.15) is 61.0 Å². The van der Waals surface area contributed by atoms with Crippen molar-refractivity contribution in [3.63, 3.8) is 0 Å². The highest BCUT2D eigenvalue weighted by molar-refractivity contribution is 7.90. The number of rotatable bonds is 7. The fourth-order valence-electron chi connectivity index (χ4n) is 7.06. The van der Waals surface area contributed by atoms with Crippen molar-refractivity contribution in [3.05, 3.63) is 74.8 Å². The molecule has 2 aliphatic carbocycles. The molecule has 2 bridgehead atoms. The number of nitrogens with zero attached hydrogens (tertiary/aromatic N) is 5. The zero-order valence-corrected chi connectivity index (χ0v) is 25.0. The first kappa shape index (κ1) is 29.0. The van der Waals surface area contributed by atoms with Gasteiger partial charge in [0.05, 0.1) is 17.0 Å². The largest absolute Gasteiger partial charge is 0.393 e. The van der Waals surface area contributed by atoms with Gasteiger partial charge in [-0.1, -0.05) is 17.7 Å². The van der Waals surface area contributed by atoms with Crippen LogP contribution in [0, 0.1) is 17.7 Å². The Labute approximate surface area is 255 Å².